The van der Waals surface area contributed by atoms with Gasteiger partial charge in [0.05, 0.1) is 19.0 Å². The summed E-state index contributed by atoms with van der Waals surface area (Å²) in [5.74, 6) is 1.23. The molecule has 0 amide bonds. The van der Waals surface area contributed by atoms with Crippen LogP contribution in [0.3, 0.4) is 0 Å². The summed E-state index contributed by atoms with van der Waals surface area (Å²) < 4.78 is 18.7. The number of benzene rings is 1. The van der Waals surface area contributed by atoms with Crippen molar-refractivity contribution in [3.63, 3.8) is 0 Å². The molecule has 0 saturated carbocycles. The number of aromatic nitrogens is 2. The van der Waals surface area contributed by atoms with Crippen LogP contribution in [0.2, 0.25) is 0 Å². The van der Waals surface area contributed by atoms with Gasteiger partial charge in [-0.1, -0.05) is 12.1 Å². The second kappa shape index (κ2) is 7.37. The average Bonchev–Trinajstić information content (AvgIpc) is 2.56. The molecule has 0 unspecified atom stereocenters. The Morgan fingerprint density at radius 1 is 1.17 bits per heavy atom. The molecule has 0 aliphatic carbocycles. The van der Waals surface area contributed by atoms with Crippen LogP contribution in [0.25, 0.3) is 0 Å². The first-order valence-electron chi connectivity index (χ1n) is 7.91. The Morgan fingerprint density at radius 3 is 2.74 bits per heavy atom. The maximum absolute atomic E-state index is 13.3. The van der Waals surface area contributed by atoms with Gasteiger partial charge in [-0.3, -0.25) is 9.88 Å². The molecular weight excluding hydrogens is 295 g/mol. The van der Waals surface area contributed by atoms with E-state index in [2.05, 4.69) is 19.8 Å². The van der Waals surface area contributed by atoms with E-state index in [4.69, 9.17) is 4.74 Å². The van der Waals surface area contributed by atoms with Crippen LogP contribution in [0.1, 0.15) is 12.5 Å². The largest absolute Gasteiger partial charge is 0.477 e. The lowest BCUT2D eigenvalue weighted by Gasteiger charge is -2.35. The van der Waals surface area contributed by atoms with Gasteiger partial charge < -0.3 is 9.64 Å². The van der Waals surface area contributed by atoms with E-state index in [9.17, 15) is 4.39 Å². The predicted molar refractivity (Wildman–Crippen MR) is 87.1 cm³/mol. The van der Waals surface area contributed by atoms with Crippen molar-refractivity contribution < 1.29 is 9.13 Å². The van der Waals surface area contributed by atoms with Gasteiger partial charge in [0.15, 0.2) is 5.82 Å². The summed E-state index contributed by atoms with van der Waals surface area (Å²) in [7, 11) is 0. The van der Waals surface area contributed by atoms with Crippen LogP contribution < -0.4 is 9.64 Å². The molecule has 122 valence electrons. The smallest absolute Gasteiger partial charge is 0.234 e. The summed E-state index contributed by atoms with van der Waals surface area (Å²) in [5, 5.41) is 0. The molecule has 0 N–H and O–H groups in total. The molecule has 1 aliphatic heterocycles. The SMILES string of the molecule is CCOc1cncc(N2CCN(Cc3cccc(F)c3)CC2)n1. The molecule has 1 aromatic carbocycles. The standard InChI is InChI=1S/C17H21FN4O/c1-2-23-17-12-19-11-16(20-17)22-8-6-21(7-9-22)13-14-4-3-5-15(18)10-14/h3-5,10-12H,2,6-9,13H2,1H3. The van der Waals surface area contributed by atoms with Gasteiger partial charge in [0.25, 0.3) is 0 Å². The van der Waals surface area contributed by atoms with Crippen LogP contribution >= 0.6 is 0 Å². The number of hydrogen-bond donors (Lipinski definition) is 0. The van der Waals surface area contributed by atoms with E-state index in [-0.39, 0.29) is 5.82 Å². The fourth-order valence-corrected chi connectivity index (χ4v) is 2.74. The van der Waals surface area contributed by atoms with Crippen LogP contribution in [-0.2, 0) is 6.54 Å². The molecule has 1 fully saturated rings. The van der Waals surface area contributed by atoms with Crippen molar-refractivity contribution in [2.45, 2.75) is 13.5 Å². The number of halogens is 1. The molecule has 0 atom stereocenters. The normalized spacial score (nSPS) is 15.7. The Labute approximate surface area is 135 Å². The zero-order valence-corrected chi connectivity index (χ0v) is 13.3. The molecule has 23 heavy (non-hydrogen) atoms. The highest BCUT2D eigenvalue weighted by atomic mass is 19.1. The van der Waals surface area contributed by atoms with Crippen LogP contribution in [0.15, 0.2) is 36.7 Å². The molecule has 0 spiro atoms. The second-order valence-electron chi connectivity index (χ2n) is 5.54. The molecule has 2 aromatic rings. The lowest BCUT2D eigenvalue weighted by molar-refractivity contribution is 0.248. The molecule has 1 saturated heterocycles. The van der Waals surface area contributed by atoms with Crippen molar-refractivity contribution in [2.75, 3.05) is 37.7 Å². The number of rotatable bonds is 5. The van der Waals surface area contributed by atoms with Gasteiger partial charge in [0.2, 0.25) is 5.88 Å². The zero-order valence-electron chi connectivity index (χ0n) is 13.3. The Bertz CT molecular complexity index is 644. The first-order chi connectivity index (χ1) is 11.2. The fraction of sp³-hybridized carbons (Fsp3) is 0.412. The minimum atomic E-state index is -0.177. The van der Waals surface area contributed by atoms with E-state index in [0.29, 0.717) is 12.5 Å². The highest BCUT2D eigenvalue weighted by Crippen LogP contribution is 2.17. The van der Waals surface area contributed by atoms with Gasteiger partial charge in [0.1, 0.15) is 5.82 Å². The third-order valence-corrected chi connectivity index (χ3v) is 3.88. The number of hydrogen-bond acceptors (Lipinski definition) is 5. The van der Waals surface area contributed by atoms with Crippen LogP contribution in [0.4, 0.5) is 10.2 Å². The summed E-state index contributed by atoms with van der Waals surface area (Å²) in [4.78, 5) is 13.2. The lowest BCUT2D eigenvalue weighted by atomic mass is 10.2. The Kier molecular flexibility index (Phi) is 5.02. The molecule has 6 heteroatoms. The van der Waals surface area contributed by atoms with E-state index >= 15 is 0 Å². The Hall–Kier alpha value is -2.21. The van der Waals surface area contributed by atoms with Crippen LogP contribution in [0.5, 0.6) is 5.88 Å². The van der Waals surface area contributed by atoms with Gasteiger partial charge in [-0.2, -0.15) is 4.98 Å². The molecule has 3 rings (SSSR count). The number of anilines is 1. The third kappa shape index (κ3) is 4.16. The topological polar surface area (TPSA) is 41.5 Å². The molecular formula is C17H21FN4O. The molecule has 0 bridgehead atoms. The van der Waals surface area contributed by atoms with Gasteiger partial charge in [-0.05, 0) is 24.6 Å². The Balaban J connectivity index is 1.57. The van der Waals surface area contributed by atoms with Crippen molar-refractivity contribution in [3.05, 3.63) is 48.0 Å². The summed E-state index contributed by atoms with van der Waals surface area (Å²) >= 11 is 0. The third-order valence-electron chi connectivity index (χ3n) is 3.88. The van der Waals surface area contributed by atoms with Crippen molar-refractivity contribution in [2.24, 2.45) is 0 Å². The predicted octanol–water partition coefficient (Wildman–Crippen LogP) is 2.34. The van der Waals surface area contributed by atoms with E-state index in [1.807, 2.05) is 13.0 Å². The van der Waals surface area contributed by atoms with Crippen molar-refractivity contribution in [1.82, 2.24) is 14.9 Å². The molecule has 5 nitrogen and oxygen atoms in total. The van der Waals surface area contributed by atoms with Crippen molar-refractivity contribution >= 4 is 5.82 Å². The number of nitrogens with zero attached hydrogens (tertiary/aromatic N) is 4. The van der Waals surface area contributed by atoms with E-state index in [1.165, 1.54) is 6.07 Å². The first kappa shape index (κ1) is 15.7. The van der Waals surface area contributed by atoms with E-state index < -0.39 is 0 Å². The number of ether oxygens (including phenoxy) is 1. The second-order valence-corrected chi connectivity index (χ2v) is 5.54. The minimum Gasteiger partial charge on any atom is -0.477 e. The van der Waals surface area contributed by atoms with Gasteiger partial charge in [-0.25, -0.2) is 4.39 Å². The van der Waals surface area contributed by atoms with Gasteiger partial charge in [0, 0.05) is 32.7 Å². The quantitative estimate of drug-likeness (QED) is 0.847. The first-order valence-corrected chi connectivity index (χ1v) is 7.91. The summed E-state index contributed by atoms with van der Waals surface area (Å²) in [6.07, 6.45) is 3.40. The van der Waals surface area contributed by atoms with E-state index in [0.717, 1.165) is 44.1 Å². The monoisotopic (exact) mass is 316 g/mol. The maximum Gasteiger partial charge on any atom is 0.234 e. The zero-order chi connectivity index (χ0) is 16.1. The maximum atomic E-state index is 13.3. The molecule has 1 aromatic heterocycles. The van der Waals surface area contributed by atoms with Crippen LogP contribution in [-0.4, -0.2) is 47.7 Å². The highest BCUT2D eigenvalue weighted by molar-refractivity contribution is 5.38. The molecule has 2 heterocycles. The molecule has 1 aliphatic rings. The average molecular weight is 316 g/mol. The summed E-state index contributed by atoms with van der Waals surface area (Å²) in [6.45, 7) is 6.86. The summed E-state index contributed by atoms with van der Waals surface area (Å²) in [6, 6.07) is 6.80. The Morgan fingerprint density at radius 2 is 2.00 bits per heavy atom. The van der Waals surface area contributed by atoms with E-state index in [1.54, 1.807) is 24.5 Å². The van der Waals surface area contributed by atoms with Gasteiger partial charge in [-0.15, -0.1) is 0 Å². The van der Waals surface area contributed by atoms with Crippen molar-refractivity contribution in [1.29, 1.82) is 0 Å². The van der Waals surface area contributed by atoms with Crippen LogP contribution in [0, 0.1) is 5.82 Å². The fourth-order valence-electron chi connectivity index (χ4n) is 2.74. The molecule has 0 radical (unpaired) electrons. The highest BCUT2D eigenvalue weighted by Gasteiger charge is 2.19. The number of piperazine rings is 1. The lowest BCUT2D eigenvalue weighted by Crippen LogP contribution is -2.46. The minimum absolute atomic E-state index is 0.177. The van der Waals surface area contributed by atoms with Gasteiger partial charge >= 0.3 is 0 Å². The summed E-state index contributed by atoms with van der Waals surface area (Å²) in [5.41, 5.74) is 1.01. The van der Waals surface area contributed by atoms with Crippen molar-refractivity contribution in [3.8, 4) is 5.88 Å².